The first-order chi connectivity index (χ1) is 13.5. The van der Waals surface area contributed by atoms with Crippen molar-refractivity contribution in [1.29, 1.82) is 0 Å². The number of aryl methyl sites for hydroxylation is 1. The van der Waals surface area contributed by atoms with E-state index in [1.165, 1.54) is 18.4 Å². The fourth-order valence-electron chi connectivity index (χ4n) is 4.56. The third-order valence-corrected chi connectivity index (χ3v) is 6.38. The molecule has 0 amide bonds. The highest BCUT2D eigenvalue weighted by Crippen LogP contribution is 2.27. The second-order valence-corrected chi connectivity index (χ2v) is 8.59. The topological polar surface area (TPSA) is 63.4 Å². The Morgan fingerprint density at radius 2 is 2.04 bits per heavy atom. The Labute approximate surface area is 167 Å². The Morgan fingerprint density at radius 1 is 1.21 bits per heavy atom. The molecule has 0 aliphatic carbocycles. The second kappa shape index (κ2) is 8.31. The smallest absolute Gasteiger partial charge is 0.105 e. The van der Waals surface area contributed by atoms with Crippen LogP contribution in [-0.2, 0) is 18.2 Å². The Morgan fingerprint density at radius 3 is 2.71 bits per heavy atom. The molecule has 2 saturated heterocycles. The number of aliphatic hydroxyl groups is 1. The highest BCUT2D eigenvalue weighted by Gasteiger charge is 2.33. The van der Waals surface area contributed by atoms with E-state index in [1.54, 1.807) is 0 Å². The molecule has 2 aliphatic rings. The summed E-state index contributed by atoms with van der Waals surface area (Å²) < 4.78 is 7.49. The van der Waals surface area contributed by atoms with Gasteiger partial charge in [0.05, 0.1) is 23.2 Å². The lowest BCUT2D eigenvalue weighted by atomic mass is 9.89. The minimum absolute atomic E-state index is 0.565. The minimum atomic E-state index is -0.565. The van der Waals surface area contributed by atoms with Crippen LogP contribution in [-0.4, -0.2) is 63.0 Å². The van der Waals surface area contributed by atoms with Crippen molar-refractivity contribution in [2.45, 2.75) is 44.6 Å². The van der Waals surface area contributed by atoms with E-state index in [4.69, 9.17) is 4.74 Å². The lowest BCUT2D eigenvalue weighted by molar-refractivity contribution is -0.0838. The van der Waals surface area contributed by atoms with Crippen LogP contribution in [0.5, 0.6) is 0 Å². The first-order valence-electron chi connectivity index (χ1n) is 10.5. The van der Waals surface area contributed by atoms with Gasteiger partial charge in [0.1, 0.15) is 5.82 Å². The van der Waals surface area contributed by atoms with Crippen molar-refractivity contribution in [3.8, 4) is 11.4 Å². The van der Waals surface area contributed by atoms with Gasteiger partial charge in [-0.1, -0.05) is 6.07 Å². The van der Waals surface area contributed by atoms with Gasteiger partial charge in [-0.2, -0.15) is 0 Å². The van der Waals surface area contributed by atoms with E-state index in [1.807, 2.05) is 26.4 Å². The van der Waals surface area contributed by atoms with Gasteiger partial charge in [-0.25, -0.2) is 4.98 Å². The molecule has 0 spiro atoms. The van der Waals surface area contributed by atoms with Gasteiger partial charge < -0.3 is 19.3 Å². The van der Waals surface area contributed by atoms with Gasteiger partial charge in [0, 0.05) is 52.4 Å². The van der Waals surface area contributed by atoms with Crippen LogP contribution in [0.3, 0.4) is 0 Å². The molecule has 0 aromatic carbocycles. The molecule has 4 rings (SSSR count). The number of hydrogen-bond donors (Lipinski definition) is 1. The van der Waals surface area contributed by atoms with Crippen molar-refractivity contribution in [1.82, 2.24) is 19.4 Å². The molecule has 4 heterocycles. The maximum absolute atomic E-state index is 10.8. The molecule has 6 nitrogen and oxygen atoms in total. The molecular formula is C22H32N4O2. The molecule has 152 valence electrons. The average Bonchev–Trinajstić information content (AvgIpc) is 3.02. The number of nitrogens with zero attached hydrogens (tertiary/aromatic N) is 4. The largest absolute Gasteiger partial charge is 0.388 e. The normalized spacial score (nSPS) is 23.0. The van der Waals surface area contributed by atoms with Crippen molar-refractivity contribution in [3.63, 3.8) is 0 Å². The molecule has 0 bridgehead atoms. The molecule has 2 aromatic heterocycles. The molecule has 1 unspecified atom stereocenters. The van der Waals surface area contributed by atoms with Gasteiger partial charge in [0.15, 0.2) is 0 Å². The molecule has 0 radical (unpaired) electrons. The zero-order valence-electron chi connectivity index (χ0n) is 17.1. The average molecular weight is 385 g/mol. The maximum Gasteiger partial charge on any atom is 0.105 e. The summed E-state index contributed by atoms with van der Waals surface area (Å²) in [6.07, 6.45) is 8.92. The number of likely N-dealkylation sites (tertiary alicyclic amines) is 1. The summed E-state index contributed by atoms with van der Waals surface area (Å²) in [5.74, 6) is 1.62. The number of ether oxygens (including phenoxy) is 1. The molecule has 0 saturated carbocycles. The summed E-state index contributed by atoms with van der Waals surface area (Å²) in [7, 11) is 2.02. The third-order valence-electron chi connectivity index (χ3n) is 6.38. The van der Waals surface area contributed by atoms with E-state index in [9.17, 15) is 5.11 Å². The van der Waals surface area contributed by atoms with Crippen molar-refractivity contribution in [3.05, 3.63) is 35.9 Å². The number of β-amino-alcohol motifs (C(OH)–C–C–N with tert-alkyl or cyclic N) is 1. The Balaban J connectivity index is 1.35. The lowest BCUT2D eigenvalue weighted by Gasteiger charge is -2.40. The quantitative estimate of drug-likeness (QED) is 0.858. The summed E-state index contributed by atoms with van der Waals surface area (Å²) in [5, 5.41) is 10.8. The fraction of sp³-hybridized carbons (Fsp3) is 0.636. The van der Waals surface area contributed by atoms with Crippen molar-refractivity contribution >= 4 is 0 Å². The molecule has 6 heteroatoms. The summed E-state index contributed by atoms with van der Waals surface area (Å²) >= 11 is 0. The summed E-state index contributed by atoms with van der Waals surface area (Å²) in [5.41, 5.74) is 2.75. The van der Waals surface area contributed by atoms with E-state index in [0.29, 0.717) is 19.1 Å². The number of imidazole rings is 1. The van der Waals surface area contributed by atoms with E-state index >= 15 is 0 Å². The summed E-state index contributed by atoms with van der Waals surface area (Å²) in [6, 6.07) is 4.31. The molecule has 2 aromatic rings. The number of rotatable bonds is 5. The van der Waals surface area contributed by atoms with Gasteiger partial charge in [0.25, 0.3) is 0 Å². The molecule has 2 aliphatic heterocycles. The minimum Gasteiger partial charge on any atom is -0.388 e. The van der Waals surface area contributed by atoms with Crippen LogP contribution in [0.4, 0.5) is 0 Å². The number of aromatic nitrogens is 3. The second-order valence-electron chi connectivity index (χ2n) is 8.59. The molecule has 1 N–H and O–H groups in total. The zero-order valence-corrected chi connectivity index (χ0v) is 17.1. The van der Waals surface area contributed by atoms with Gasteiger partial charge in [-0.15, -0.1) is 0 Å². The van der Waals surface area contributed by atoms with E-state index in [-0.39, 0.29) is 0 Å². The van der Waals surface area contributed by atoms with Crippen LogP contribution >= 0.6 is 0 Å². The van der Waals surface area contributed by atoms with Crippen LogP contribution in [0.25, 0.3) is 11.4 Å². The molecular weight excluding hydrogens is 352 g/mol. The standard InChI is InChI=1S/C22H32N4O2/c1-17-23-14-21(25(17)2)20-6-5-18(13-24-20)12-19-4-3-9-26(15-19)16-22(27)7-10-28-11-8-22/h5-6,13-14,19,27H,3-4,7-12,15-16H2,1-2H3. The van der Waals surface area contributed by atoms with E-state index in [0.717, 1.165) is 56.1 Å². The van der Waals surface area contributed by atoms with Crippen molar-refractivity contribution < 1.29 is 9.84 Å². The maximum atomic E-state index is 10.8. The number of hydrogen-bond acceptors (Lipinski definition) is 5. The van der Waals surface area contributed by atoms with Gasteiger partial charge in [-0.3, -0.25) is 4.98 Å². The molecule has 1 atom stereocenters. The van der Waals surface area contributed by atoms with Gasteiger partial charge in [0.2, 0.25) is 0 Å². The van der Waals surface area contributed by atoms with Crippen LogP contribution in [0.2, 0.25) is 0 Å². The highest BCUT2D eigenvalue weighted by molar-refractivity contribution is 5.54. The molecule has 2 fully saturated rings. The summed E-state index contributed by atoms with van der Waals surface area (Å²) in [4.78, 5) is 11.5. The van der Waals surface area contributed by atoms with Crippen LogP contribution in [0.15, 0.2) is 24.5 Å². The van der Waals surface area contributed by atoms with Gasteiger partial charge >= 0.3 is 0 Å². The van der Waals surface area contributed by atoms with Crippen LogP contribution in [0.1, 0.15) is 37.1 Å². The SMILES string of the molecule is Cc1ncc(-c2ccc(CC3CCCN(CC4(O)CCOCC4)C3)cn2)n1C. The monoisotopic (exact) mass is 384 g/mol. The van der Waals surface area contributed by atoms with E-state index < -0.39 is 5.60 Å². The first kappa shape index (κ1) is 19.6. The van der Waals surface area contributed by atoms with Crippen molar-refractivity contribution in [2.24, 2.45) is 13.0 Å². The Bertz CT molecular complexity index is 780. The fourth-order valence-corrected chi connectivity index (χ4v) is 4.56. The summed E-state index contributed by atoms with van der Waals surface area (Å²) in [6.45, 7) is 6.31. The first-order valence-corrected chi connectivity index (χ1v) is 10.5. The Kier molecular flexibility index (Phi) is 5.80. The predicted octanol–water partition coefficient (Wildman–Crippen LogP) is 2.59. The van der Waals surface area contributed by atoms with Crippen molar-refractivity contribution in [2.75, 3.05) is 32.8 Å². The highest BCUT2D eigenvalue weighted by atomic mass is 16.5. The zero-order chi connectivity index (χ0) is 19.6. The van der Waals surface area contributed by atoms with Crippen LogP contribution < -0.4 is 0 Å². The third kappa shape index (κ3) is 4.45. The van der Waals surface area contributed by atoms with Gasteiger partial charge in [-0.05, 0) is 50.3 Å². The van der Waals surface area contributed by atoms with E-state index in [2.05, 4.69) is 31.6 Å². The molecule has 28 heavy (non-hydrogen) atoms. The van der Waals surface area contributed by atoms with Crippen LogP contribution in [0, 0.1) is 12.8 Å². The predicted molar refractivity (Wildman–Crippen MR) is 109 cm³/mol. The Hall–Kier alpha value is -1.76. The lowest BCUT2D eigenvalue weighted by Crippen LogP contribution is -2.49. The number of piperidine rings is 1. The number of pyridine rings is 1.